The molecule has 3 aromatic rings. The Kier molecular flexibility index (Phi) is 3.96. The van der Waals surface area contributed by atoms with Crippen LogP contribution in [0.2, 0.25) is 0 Å². The fraction of sp³-hybridized carbons (Fsp3) is 0.143. The van der Waals surface area contributed by atoms with E-state index in [9.17, 15) is 4.79 Å². The summed E-state index contributed by atoms with van der Waals surface area (Å²) in [6.07, 6.45) is 1.53. The Labute approximate surface area is 155 Å². The van der Waals surface area contributed by atoms with Gasteiger partial charge in [-0.25, -0.2) is 9.18 Å². The van der Waals surface area contributed by atoms with Crippen LogP contribution in [0, 0.1) is 4.64 Å². The van der Waals surface area contributed by atoms with Gasteiger partial charge < -0.3 is 4.84 Å². The van der Waals surface area contributed by atoms with Crippen molar-refractivity contribution in [1.29, 1.82) is 0 Å². The first kappa shape index (κ1) is 16.7. The minimum Gasteiger partial charge on any atom is -0.332 e. The van der Waals surface area contributed by atoms with E-state index in [2.05, 4.69) is 0 Å². The van der Waals surface area contributed by atoms with Gasteiger partial charge in [0.1, 0.15) is 4.64 Å². The highest BCUT2D eigenvalue weighted by Crippen LogP contribution is 2.64. The molecular formula is C21H16FNO2S. The largest absolute Gasteiger partial charge is 0.371 e. The van der Waals surface area contributed by atoms with Gasteiger partial charge in [0.15, 0.2) is 0 Å². The molecule has 4 rings (SSSR count). The van der Waals surface area contributed by atoms with E-state index < -0.39 is 17.1 Å². The zero-order valence-corrected chi connectivity index (χ0v) is 14.7. The molecule has 0 unspecified atom stereocenters. The molecule has 5 heteroatoms. The molecular weight excluding hydrogens is 349 g/mol. The zero-order valence-electron chi connectivity index (χ0n) is 13.8. The highest BCUT2D eigenvalue weighted by molar-refractivity contribution is 7.71. The molecule has 1 aliphatic carbocycles. The summed E-state index contributed by atoms with van der Waals surface area (Å²) in [5.74, 6) is -0.937. The maximum atomic E-state index is 15.9. The third kappa shape index (κ3) is 2.47. The quantitative estimate of drug-likeness (QED) is 0.647. The van der Waals surface area contributed by atoms with Gasteiger partial charge >= 0.3 is 5.97 Å². The highest BCUT2D eigenvalue weighted by Gasteiger charge is 2.76. The van der Waals surface area contributed by atoms with Gasteiger partial charge in [0.2, 0.25) is 5.67 Å². The van der Waals surface area contributed by atoms with E-state index in [1.54, 1.807) is 18.2 Å². The number of nitrogens with zero attached hydrogens (tertiary/aromatic N) is 1. The van der Waals surface area contributed by atoms with Crippen LogP contribution in [-0.2, 0) is 10.2 Å². The average molecular weight is 365 g/mol. The van der Waals surface area contributed by atoms with Crippen molar-refractivity contribution in [3.63, 3.8) is 0 Å². The third-order valence-electron chi connectivity index (χ3n) is 4.89. The maximum absolute atomic E-state index is 15.9. The molecule has 0 radical (unpaired) electrons. The van der Waals surface area contributed by atoms with E-state index in [1.165, 1.54) is 6.20 Å². The summed E-state index contributed by atoms with van der Waals surface area (Å²) in [5, 5.41) is 0. The van der Waals surface area contributed by atoms with E-state index in [4.69, 9.17) is 17.1 Å². The number of rotatable bonds is 4. The van der Waals surface area contributed by atoms with Gasteiger partial charge in [-0.15, -0.1) is 0 Å². The molecule has 130 valence electrons. The smallest absolute Gasteiger partial charge is 0.332 e. The molecule has 0 amide bonds. The fourth-order valence-electron chi connectivity index (χ4n) is 3.49. The molecule has 1 saturated carbocycles. The molecule has 0 spiro atoms. The van der Waals surface area contributed by atoms with Crippen LogP contribution >= 0.6 is 12.2 Å². The van der Waals surface area contributed by atoms with Crippen LogP contribution in [0.4, 0.5) is 4.39 Å². The summed E-state index contributed by atoms with van der Waals surface area (Å²) in [5.41, 5.74) is -1.70. The van der Waals surface area contributed by atoms with E-state index in [0.29, 0.717) is 4.64 Å². The van der Waals surface area contributed by atoms with Gasteiger partial charge in [-0.2, -0.15) is 4.73 Å². The molecule has 0 aliphatic heterocycles. The number of pyridine rings is 1. The van der Waals surface area contributed by atoms with E-state index in [0.717, 1.165) is 15.9 Å². The summed E-state index contributed by atoms with van der Waals surface area (Å²) in [6.45, 7) is 0. The van der Waals surface area contributed by atoms with Crippen molar-refractivity contribution in [1.82, 2.24) is 4.73 Å². The minimum absolute atomic E-state index is 0.0347. The first-order chi connectivity index (χ1) is 12.6. The van der Waals surface area contributed by atoms with Crippen molar-refractivity contribution in [2.75, 3.05) is 0 Å². The summed E-state index contributed by atoms with van der Waals surface area (Å²) in [6, 6.07) is 23.5. The van der Waals surface area contributed by atoms with Crippen molar-refractivity contribution in [3.05, 3.63) is 101 Å². The van der Waals surface area contributed by atoms with Crippen LogP contribution in [0.1, 0.15) is 17.5 Å². The van der Waals surface area contributed by atoms with Gasteiger partial charge in [0.25, 0.3) is 0 Å². The van der Waals surface area contributed by atoms with Crippen LogP contribution in [0.15, 0.2) is 85.1 Å². The average Bonchev–Trinajstić information content (AvgIpc) is 3.34. The summed E-state index contributed by atoms with van der Waals surface area (Å²) in [7, 11) is 0. The number of carbonyl (C=O) groups is 1. The Bertz CT molecular complexity index is 964. The molecule has 0 bridgehead atoms. The van der Waals surface area contributed by atoms with Crippen molar-refractivity contribution in [3.8, 4) is 0 Å². The molecule has 1 fully saturated rings. The normalized spacial score (nSPS) is 20.3. The lowest BCUT2D eigenvalue weighted by molar-refractivity contribution is -0.153. The first-order valence-corrected chi connectivity index (χ1v) is 8.69. The summed E-state index contributed by atoms with van der Waals surface area (Å²) >= 11 is 5.12. The number of halogens is 1. The van der Waals surface area contributed by atoms with Crippen molar-refractivity contribution >= 4 is 18.2 Å². The zero-order chi connectivity index (χ0) is 18.2. The number of hydrogen-bond donors (Lipinski definition) is 0. The van der Waals surface area contributed by atoms with Crippen LogP contribution in [-0.4, -0.2) is 16.4 Å². The number of benzene rings is 2. The van der Waals surface area contributed by atoms with Gasteiger partial charge in [-0.1, -0.05) is 78.9 Å². The van der Waals surface area contributed by atoms with E-state index in [-0.39, 0.29) is 6.42 Å². The number of carbonyl (C=O) groups excluding carboxylic acids is 1. The van der Waals surface area contributed by atoms with Crippen molar-refractivity contribution in [2.45, 2.75) is 17.5 Å². The summed E-state index contributed by atoms with van der Waals surface area (Å²) < 4.78 is 17.3. The van der Waals surface area contributed by atoms with Gasteiger partial charge in [-0.3, -0.25) is 0 Å². The lowest BCUT2D eigenvalue weighted by atomic mass is 9.85. The maximum Gasteiger partial charge on any atom is 0.371 e. The SMILES string of the molecule is O=C(On1ccccc1=S)[C@@]1(F)CC1(c1ccccc1)c1ccccc1. The Balaban J connectivity index is 1.75. The predicted molar refractivity (Wildman–Crippen MR) is 99.0 cm³/mol. The predicted octanol–water partition coefficient (Wildman–Crippen LogP) is 4.27. The number of alkyl halides is 1. The molecule has 0 saturated heterocycles. The Morgan fingerprint density at radius 2 is 1.46 bits per heavy atom. The topological polar surface area (TPSA) is 31.2 Å². The lowest BCUT2D eigenvalue weighted by Crippen LogP contribution is -2.36. The standard InChI is InChI=1S/C21H16FNO2S/c22-21(19(24)25-23-14-8-7-13-18(23)26)15-20(21,16-9-3-1-4-10-16)17-11-5-2-6-12-17/h1-14H,15H2/t21-/m0/s1. The minimum atomic E-state index is -2.15. The van der Waals surface area contributed by atoms with Gasteiger partial charge in [0.05, 0.1) is 5.41 Å². The molecule has 1 aliphatic rings. The molecule has 1 aromatic heterocycles. The lowest BCUT2D eigenvalue weighted by Gasteiger charge is -2.21. The third-order valence-corrected chi connectivity index (χ3v) is 5.20. The fourth-order valence-corrected chi connectivity index (χ4v) is 3.67. The molecule has 3 nitrogen and oxygen atoms in total. The van der Waals surface area contributed by atoms with Crippen LogP contribution in [0.25, 0.3) is 0 Å². The molecule has 2 aromatic carbocycles. The Morgan fingerprint density at radius 3 is 2.00 bits per heavy atom. The second-order valence-electron chi connectivity index (χ2n) is 6.36. The Hall–Kier alpha value is -2.79. The number of aromatic nitrogens is 1. The summed E-state index contributed by atoms with van der Waals surface area (Å²) in [4.78, 5) is 18.0. The first-order valence-electron chi connectivity index (χ1n) is 8.28. The van der Waals surface area contributed by atoms with Crippen LogP contribution in [0.3, 0.4) is 0 Å². The van der Waals surface area contributed by atoms with Crippen LogP contribution in [0.5, 0.6) is 0 Å². The van der Waals surface area contributed by atoms with E-state index in [1.807, 2.05) is 60.7 Å². The second kappa shape index (κ2) is 6.18. The monoisotopic (exact) mass is 365 g/mol. The molecule has 0 N–H and O–H groups in total. The molecule has 1 atom stereocenters. The number of hydrogen-bond acceptors (Lipinski definition) is 3. The Morgan fingerprint density at radius 1 is 0.923 bits per heavy atom. The van der Waals surface area contributed by atoms with Gasteiger partial charge in [0, 0.05) is 12.6 Å². The van der Waals surface area contributed by atoms with Crippen molar-refractivity contribution < 1.29 is 14.0 Å². The van der Waals surface area contributed by atoms with Gasteiger partial charge in [-0.05, 0) is 23.3 Å². The van der Waals surface area contributed by atoms with Crippen LogP contribution < -0.4 is 4.84 Å². The second-order valence-corrected chi connectivity index (χ2v) is 6.78. The van der Waals surface area contributed by atoms with Crippen molar-refractivity contribution in [2.24, 2.45) is 0 Å². The van der Waals surface area contributed by atoms with E-state index >= 15 is 4.39 Å². The highest BCUT2D eigenvalue weighted by atomic mass is 32.1. The molecule has 1 heterocycles. The molecule has 26 heavy (non-hydrogen) atoms.